The molecule has 0 aliphatic carbocycles. The van der Waals surface area contributed by atoms with Gasteiger partial charge in [-0.1, -0.05) is 65.9 Å². The summed E-state index contributed by atoms with van der Waals surface area (Å²) < 4.78 is 12.9. The highest BCUT2D eigenvalue weighted by Crippen LogP contribution is 2.36. The van der Waals surface area contributed by atoms with Crippen molar-refractivity contribution in [2.45, 2.75) is 13.0 Å². The molecule has 1 N–H and O–H groups in total. The summed E-state index contributed by atoms with van der Waals surface area (Å²) >= 11 is 1.24. The van der Waals surface area contributed by atoms with Crippen LogP contribution in [0.1, 0.15) is 29.7 Å². The van der Waals surface area contributed by atoms with E-state index in [1.807, 2.05) is 54.6 Å². The monoisotopic (exact) mass is 512 g/mol. The van der Waals surface area contributed by atoms with Crippen LogP contribution in [0.25, 0.3) is 11.8 Å². The van der Waals surface area contributed by atoms with E-state index >= 15 is 0 Å². The molecule has 0 radical (unpaired) electrons. The molecule has 37 heavy (non-hydrogen) atoms. The number of aromatic nitrogens is 1. The second kappa shape index (κ2) is 10.3. The van der Waals surface area contributed by atoms with E-state index in [1.54, 1.807) is 48.9 Å². The number of phenols is 1. The molecule has 186 valence electrons. The van der Waals surface area contributed by atoms with Gasteiger partial charge in [0.05, 0.1) is 35.6 Å². The number of rotatable bonds is 6. The molecular weight excluding hydrogens is 488 g/mol. The van der Waals surface area contributed by atoms with E-state index in [2.05, 4.69) is 0 Å². The Bertz CT molecular complexity index is 1670. The molecule has 0 amide bonds. The minimum Gasteiger partial charge on any atom is -0.508 e. The molecule has 0 saturated heterocycles. The molecule has 1 aromatic heterocycles. The molecule has 2 heterocycles. The predicted molar refractivity (Wildman–Crippen MR) is 142 cm³/mol. The van der Waals surface area contributed by atoms with Gasteiger partial charge in [0, 0.05) is 5.56 Å². The number of benzene rings is 3. The Morgan fingerprint density at radius 1 is 1.08 bits per heavy atom. The zero-order valence-corrected chi connectivity index (χ0v) is 21.1. The van der Waals surface area contributed by atoms with Crippen LogP contribution in [0.4, 0.5) is 0 Å². The molecule has 1 aliphatic heterocycles. The number of hydrogen-bond donors (Lipinski definition) is 1. The van der Waals surface area contributed by atoms with E-state index in [9.17, 15) is 14.7 Å². The highest BCUT2D eigenvalue weighted by atomic mass is 32.1. The Morgan fingerprint density at radius 3 is 2.54 bits per heavy atom. The van der Waals surface area contributed by atoms with Gasteiger partial charge in [0.15, 0.2) is 4.80 Å². The standard InChI is InChI=1S/C29H24N2O5S/c1-3-36-28(34)24-25(19-8-5-4-6-9-19)30-29-31(26(24)20-10-7-11-22(17-20)35-2)27(33)23(37-29)16-18-12-14-21(32)15-13-18/h4-17,26,32H,3H2,1-2H3/b23-16-/t26-/m1/s1. The maximum absolute atomic E-state index is 13.8. The molecule has 0 fully saturated rings. The van der Waals surface area contributed by atoms with Crippen molar-refractivity contribution in [3.05, 3.63) is 121 Å². The van der Waals surface area contributed by atoms with Gasteiger partial charge in [-0.25, -0.2) is 9.79 Å². The third-order valence-electron chi connectivity index (χ3n) is 5.97. The van der Waals surface area contributed by atoms with Crippen LogP contribution in [0.15, 0.2) is 94.2 Å². The molecule has 0 unspecified atom stereocenters. The summed E-state index contributed by atoms with van der Waals surface area (Å²) in [4.78, 5) is 32.6. The fraction of sp³-hybridized carbons (Fsp3) is 0.138. The van der Waals surface area contributed by atoms with Gasteiger partial charge in [-0.2, -0.15) is 0 Å². The first-order valence-electron chi connectivity index (χ1n) is 11.7. The van der Waals surface area contributed by atoms with Crippen molar-refractivity contribution >= 4 is 29.1 Å². The van der Waals surface area contributed by atoms with Gasteiger partial charge >= 0.3 is 5.97 Å². The number of carbonyl (C=O) groups excluding carboxylic acids is 1. The van der Waals surface area contributed by atoms with Crippen LogP contribution in [-0.2, 0) is 9.53 Å². The van der Waals surface area contributed by atoms with Crippen molar-refractivity contribution in [3.8, 4) is 11.5 Å². The SMILES string of the molecule is CCOC(=O)C1=C(c2ccccc2)N=c2s/c(=C\c3ccc(O)cc3)c(=O)n2[C@@H]1c1cccc(OC)c1. The lowest BCUT2D eigenvalue weighted by molar-refractivity contribution is -0.138. The Kier molecular flexibility index (Phi) is 6.74. The quantitative estimate of drug-likeness (QED) is 0.399. The van der Waals surface area contributed by atoms with Crippen molar-refractivity contribution in [1.82, 2.24) is 4.57 Å². The third-order valence-corrected chi connectivity index (χ3v) is 6.96. The molecule has 8 heteroatoms. The number of methoxy groups -OCH3 is 1. The largest absolute Gasteiger partial charge is 0.508 e. The van der Waals surface area contributed by atoms with Crippen LogP contribution in [0.3, 0.4) is 0 Å². The first kappa shape index (κ1) is 24.3. The summed E-state index contributed by atoms with van der Waals surface area (Å²) in [7, 11) is 1.57. The number of ether oxygens (including phenoxy) is 2. The lowest BCUT2D eigenvalue weighted by Crippen LogP contribution is -2.40. The minimum atomic E-state index is -0.775. The predicted octanol–water partition coefficient (Wildman–Crippen LogP) is 3.65. The molecule has 0 saturated carbocycles. The molecule has 1 atom stereocenters. The van der Waals surface area contributed by atoms with Crippen molar-refractivity contribution in [3.63, 3.8) is 0 Å². The summed E-state index contributed by atoms with van der Waals surface area (Å²) in [6.07, 6.45) is 1.75. The van der Waals surface area contributed by atoms with Crippen LogP contribution in [0, 0.1) is 0 Å². The average molecular weight is 513 g/mol. The molecule has 5 rings (SSSR count). The van der Waals surface area contributed by atoms with Crippen molar-refractivity contribution < 1.29 is 19.4 Å². The first-order chi connectivity index (χ1) is 18.0. The Hall–Kier alpha value is -4.43. The fourth-order valence-electron chi connectivity index (χ4n) is 4.29. The number of nitrogens with zero attached hydrogens (tertiary/aromatic N) is 2. The Labute approximate surface area is 216 Å². The van der Waals surface area contributed by atoms with Gasteiger partial charge in [0.2, 0.25) is 0 Å². The maximum atomic E-state index is 13.8. The maximum Gasteiger partial charge on any atom is 0.338 e. The number of fused-ring (bicyclic) bond motifs is 1. The summed E-state index contributed by atoms with van der Waals surface area (Å²) in [6, 6.07) is 22.5. The van der Waals surface area contributed by atoms with E-state index in [1.165, 1.54) is 11.3 Å². The zero-order valence-electron chi connectivity index (χ0n) is 20.3. The summed E-state index contributed by atoms with van der Waals surface area (Å²) in [6.45, 7) is 1.93. The van der Waals surface area contributed by atoms with Crippen LogP contribution in [0.2, 0.25) is 0 Å². The van der Waals surface area contributed by atoms with E-state index in [0.29, 0.717) is 26.3 Å². The van der Waals surface area contributed by atoms with Gasteiger partial charge in [-0.15, -0.1) is 0 Å². The molecule has 0 spiro atoms. The number of esters is 1. The highest BCUT2D eigenvalue weighted by Gasteiger charge is 2.35. The molecule has 7 nitrogen and oxygen atoms in total. The number of hydrogen-bond acceptors (Lipinski definition) is 7. The smallest absolute Gasteiger partial charge is 0.338 e. The van der Waals surface area contributed by atoms with Crippen molar-refractivity contribution in [1.29, 1.82) is 0 Å². The summed E-state index contributed by atoms with van der Waals surface area (Å²) in [5, 5.41) is 9.62. The molecule has 4 aromatic rings. The van der Waals surface area contributed by atoms with Crippen LogP contribution in [0.5, 0.6) is 11.5 Å². The first-order valence-corrected chi connectivity index (χ1v) is 12.5. The van der Waals surface area contributed by atoms with Gasteiger partial charge < -0.3 is 14.6 Å². The zero-order chi connectivity index (χ0) is 25.9. The molecule has 3 aromatic carbocycles. The normalized spacial score (nSPS) is 15.2. The third kappa shape index (κ3) is 4.71. The molecule has 0 bridgehead atoms. The number of phenolic OH excluding ortho intramolecular Hbond substituents is 1. The van der Waals surface area contributed by atoms with Crippen LogP contribution >= 0.6 is 11.3 Å². The number of aromatic hydroxyl groups is 1. The van der Waals surface area contributed by atoms with Crippen molar-refractivity contribution in [2.75, 3.05) is 13.7 Å². The number of thiazole rings is 1. The van der Waals surface area contributed by atoms with Crippen LogP contribution < -0.4 is 19.6 Å². The van der Waals surface area contributed by atoms with E-state index in [-0.39, 0.29) is 23.5 Å². The van der Waals surface area contributed by atoms with E-state index in [4.69, 9.17) is 14.5 Å². The lowest BCUT2D eigenvalue weighted by atomic mass is 9.93. The summed E-state index contributed by atoms with van der Waals surface area (Å²) in [5.74, 6) is 0.208. The average Bonchev–Trinajstić information content (AvgIpc) is 3.24. The van der Waals surface area contributed by atoms with Gasteiger partial charge in [-0.3, -0.25) is 9.36 Å². The highest BCUT2D eigenvalue weighted by molar-refractivity contribution is 7.07. The van der Waals surface area contributed by atoms with E-state index < -0.39 is 12.0 Å². The summed E-state index contributed by atoms with van der Waals surface area (Å²) in [5.41, 5.74) is 2.67. The van der Waals surface area contributed by atoms with Crippen molar-refractivity contribution in [2.24, 2.45) is 4.99 Å². The van der Waals surface area contributed by atoms with Gasteiger partial charge in [0.1, 0.15) is 11.5 Å². The lowest BCUT2D eigenvalue weighted by Gasteiger charge is -2.26. The molecular formula is C29H24N2O5S. The molecule has 1 aliphatic rings. The van der Waals surface area contributed by atoms with E-state index in [0.717, 1.165) is 11.1 Å². The Balaban J connectivity index is 1.83. The topological polar surface area (TPSA) is 90.1 Å². The van der Waals surface area contributed by atoms with Gasteiger partial charge in [-0.05, 0) is 48.4 Å². The van der Waals surface area contributed by atoms with Gasteiger partial charge in [0.25, 0.3) is 5.56 Å². The minimum absolute atomic E-state index is 0.142. The Morgan fingerprint density at radius 2 is 1.84 bits per heavy atom. The second-order valence-electron chi connectivity index (χ2n) is 8.30. The fourth-order valence-corrected chi connectivity index (χ4v) is 5.29. The number of carbonyl (C=O) groups is 1. The second-order valence-corrected chi connectivity index (χ2v) is 9.31. The van der Waals surface area contributed by atoms with Crippen LogP contribution in [-0.4, -0.2) is 29.4 Å².